The smallest absolute Gasteiger partial charge is 0.330 e. The van der Waals surface area contributed by atoms with Crippen LogP contribution in [0.3, 0.4) is 0 Å². The number of hydrogen-bond donors (Lipinski definition) is 2. The first kappa shape index (κ1) is 20.4. The number of amides is 1. The van der Waals surface area contributed by atoms with Crippen LogP contribution in [-0.2, 0) is 14.3 Å². The SMILES string of the molecule is C/C1=C/C(=O)OC2C[C@@H](CCC(C)/C=C\CC1)O[C@@](O)([C@H]1CSC(=O)N1)C2. The Morgan fingerprint density at radius 1 is 1.30 bits per heavy atom. The third-order valence-electron chi connectivity index (χ3n) is 5.40. The summed E-state index contributed by atoms with van der Waals surface area (Å²) >= 11 is 1.14. The lowest BCUT2D eigenvalue weighted by Crippen LogP contribution is -2.58. The van der Waals surface area contributed by atoms with Gasteiger partial charge in [-0.05, 0) is 38.5 Å². The van der Waals surface area contributed by atoms with E-state index in [2.05, 4.69) is 24.4 Å². The zero-order chi connectivity index (χ0) is 19.4. The molecule has 0 aliphatic carbocycles. The van der Waals surface area contributed by atoms with E-state index in [1.807, 2.05) is 6.92 Å². The van der Waals surface area contributed by atoms with Crippen LogP contribution in [0.15, 0.2) is 23.8 Å². The van der Waals surface area contributed by atoms with Crippen molar-refractivity contribution in [2.24, 2.45) is 5.92 Å². The number of nitrogens with one attached hydrogen (secondary N) is 1. The molecule has 7 heteroatoms. The van der Waals surface area contributed by atoms with Crippen molar-refractivity contribution in [3.05, 3.63) is 23.8 Å². The first-order chi connectivity index (χ1) is 12.8. The summed E-state index contributed by atoms with van der Waals surface area (Å²) < 4.78 is 11.7. The van der Waals surface area contributed by atoms with Crippen LogP contribution < -0.4 is 5.32 Å². The lowest BCUT2D eigenvalue weighted by Gasteiger charge is -2.43. The number of esters is 1. The van der Waals surface area contributed by atoms with E-state index in [1.165, 1.54) is 0 Å². The van der Waals surface area contributed by atoms with E-state index in [0.29, 0.717) is 18.1 Å². The minimum atomic E-state index is -1.51. The first-order valence-corrected chi connectivity index (χ1v) is 10.7. The van der Waals surface area contributed by atoms with Gasteiger partial charge >= 0.3 is 5.97 Å². The Balaban J connectivity index is 1.78. The van der Waals surface area contributed by atoms with Gasteiger partial charge in [-0.2, -0.15) is 0 Å². The van der Waals surface area contributed by atoms with Gasteiger partial charge in [0.1, 0.15) is 6.10 Å². The van der Waals surface area contributed by atoms with E-state index in [1.54, 1.807) is 6.08 Å². The minimum Gasteiger partial charge on any atom is -0.459 e. The van der Waals surface area contributed by atoms with Crippen molar-refractivity contribution in [1.29, 1.82) is 0 Å². The molecule has 3 aliphatic rings. The van der Waals surface area contributed by atoms with E-state index >= 15 is 0 Å². The number of carbonyl (C=O) groups excluding carboxylic acids is 2. The van der Waals surface area contributed by atoms with Crippen LogP contribution >= 0.6 is 11.8 Å². The molecular formula is C20H29NO5S. The number of ether oxygens (including phenoxy) is 2. The summed E-state index contributed by atoms with van der Waals surface area (Å²) in [4.78, 5) is 23.9. The van der Waals surface area contributed by atoms with Crippen molar-refractivity contribution >= 4 is 23.0 Å². The summed E-state index contributed by atoms with van der Waals surface area (Å²) in [6, 6.07) is -0.493. The number of allylic oxidation sites excluding steroid dienone is 3. The number of aliphatic hydroxyl groups is 1. The number of fused-ring (bicyclic) bond motifs is 2. The van der Waals surface area contributed by atoms with Crippen LogP contribution in [0.1, 0.15) is 52.4 Å². The molecule has 2 bridgehead atoms. The molecule has 1 amide bonds. The standard InChI is InChI=1S/C20H29NO5S/c1-13-5-3-4-6-14(2)9-18(22)25-16-10-15(8-7-13)26-20(24,11-16)17-12-27-19(23)21-17/h3,5,9,13,15-17,24H,4,6-8,10-12H2,1-2H3,(H,21,23)/b5-3-,14-9-/t13?,15-,16?,17-,20-/m1/s1. The monoisotopic (exact) mass is 395 g/mol. The topological polar surface area (TPSA) is 84.9 Å². The zero-order valence-corrected chi connectivity index (χ0v) is 16.8. The fourth-order valence-corrected chi connectivity index (χ4v) is 4.75. The minimum absolute atomic E-state index is 0.160. The van der Waals surface area contributed by atoms with Crippen LogP contribution in [0.4, 0.5) is 4.79 Å². The van der Waals surface area contributed by atoms with Crippen LogP contribution in [0.5, 0.6) is 0 Å². The summed E-state index contributed by atoms with van der Waals surface area (Å²) in [5.41, 5.74) is 0.979. The highest BCUT2D eigenvalue weighted by Crippen LogP contribution is 2.37. The third-order valence-corrected chi connectivity index (χ3v) is 6.28. The molecule has 0 radical (unpaired) electrons. The quantitative estimate of drug-likeness (QED) is 0.523. The summed E-state index contributed by atoms with van der Waals surface area (Å²) in [5.74, 6) is -1.03. The summed E-state index contributed by atoms with van der Waals surface area (Å²) in [5, 5.41) is 13.7. The Morgan fingerprint density at radius 2 is 2.11 bits per heavy atom. The lowest BCUT2D eigenvalue weighted by atomic mass is 9.90. The number of carbonyl (C=O) groups is 2. The van der Waals surface area contributed by atoms with Crippen LogP contribution in [-0.4, -0.2) is 46.1 Å². The molecule has 0 aromatic heterocycles. The second kappa shape index (κ2) is 8.80. The molecule has 3 heterocycles. The summed E-state index contributed by atoms with van der Waals surface area (Å²) in [6.07, 6.45) is 9.42. The second-order valence-corrected chi connectivity index (χ2v) is 8.88. The Morgan fingerprint density at radius 3 is 2.85 bits per heavy atom. The number of hydrogen-bond acceptors (Lipinski definition) is 6. The van der Waals surface area contributed by atoms with E-state index in [9.17, 15) is 14.7 Å². The molecule has 0 saturated carbocycles. The zero-order valence-electron chi connectivity index (χ0n) is 16.0. The van der Waals surface area contributed by atoms with Gasteiger partial charge in [0.2, 0.25) is 0 Å². The van der Waals surface area contributed by atoms with Gasteiger partial charge in [-0.3, -0.25) is 4.79 Å². The predicted molar refractivity (Wildman–Crippen MR) is 104 cm³/mol. The van der Waals surface area contributed by atoms with Crippen LogP contribution in [0.25, 0.3) is 0 Å². The first-order valence-electron chi connectivity index (χ1n) is 9.72. The van der Waals surface area contributed by atoms with E-state index in [-0.39, 0.29) is 23.7 Å². The lowest BCUT2D eigenvalue weighted by molar-refractivity contribution is -0.283. The maximum absolute atomic E-state index is 12.3. The van der Waals surface area contributed by atoms with Gasteiger partial charge in [-0.1, -0.05) is 36.4 Å². The van der Waals surface area contributed by atoms with Gasteiger partial charge in [0.15, 0.2) is 5.79 Å². The fourth-order valence-electron chi connectivity index (χ4n) is 3.86. The normalized spacial score (nSPS) is 41.7. The molecule has 2 N–H and O–H groups in total. The molecule has 3 aliphatic heterocycles. The van der Waals surface area contributed by atoms with Gasteiger partial charge in [0, 0.05) is 24.7 Å². The van der Waals surface area contributed by atoms with Crippen LogP contribution in [0.2, 0.25) is 0 Å². The molecule has 5 atom stereocenters. The molecule has 27 heavy (non-hydrogen) atoms. The number of rotatable bonds is 1. The largest absolute Gasteiger partial charge is 0.459 e. The second-order valence-electron chi connectivity index (χ2n) is 7.89. The molecule has 2 fully saturated rings. The van der Waals surface area contributed by atoms with Gasteiger partial charge in [0.25, 0.3) is 5.24 Å². The highest BCUT2D eigenvalue weighted by Gasteiger charge is 2.49. The molecule has 0 aromatic carbocycles. The fraction of sp³-hybridized carbons (Fsp3) is 0.700. The summed E-state index contributed by atoms with van der Waals surface area (Å²) in [7, 11) is 0. The molecule has 3 rings (SSSR count). The Bertz CT molecular complexity index is 634. The van der Waals surface area contributed by atoms with Gasteiger partial charge < -0.3 is 19.9 Å². The molecular weight excluding hydrogens is 366 g/mol. The molecule has 6 nitrogen and oxygen atoms in total. The van der Waals surface area contributed by atoms with Crippen LogP contribution in [0, 0.1) is 5.92 Å². The van der Waals surface area contributed by atoms with Crippen molar-refractivity contribution in [1.82, 2.24) is 5.32 Å². The third kappa shape index (κ3) is 5.59. The molecule has 0 aromatic rings. The van der Waals surface area contributed by atoms with E-state index in [0.717, 1.165) is 43.0 Å². The van der Waals surface area contributed by atoms with Crippen molar-refractivity contribution in [3.8, 4) is 0 Å². The maximum Gasteiger partial charge on any atom is 0.330 e. The predicted octanol–water partition coefficient (Wildman–Crippen LogP) is 3.30. The van der Waals surface area contributed by atoms with Gasteiger partial charge in [0.05, 0.1) is 12.1 Å². The average molecular weight is 396 g/mol. The molecule has 2 saturated heterocycles. The average Bonchev–Trinajstić information content (AvgIpc) is 3.03. The molecule has 2 unspecified atom stereocenters. The van der Waals surface area contributed by atoms with Crippen molar-refractivity contribution in [2.45, 2.75) is 76.4 Å². The van der Waals surface area contributed by atoms with Gasteiger partial charge in [-0.15, -0.1) is 0 Å². The Kier molecular flexibility index (Phi) is 6.65. The van der Waals surface area contributed by atoms with E-state index < -0.39 is 17.9 Å². The molecule has 0 spiro atoms. The van der Waals surface area contributed by atoms with Gasteiger partial charge in [-0.25, -0.2) is 4.79 Å². The van der Waals surface area contributed by atoms with E-state index in [4.69, 9.17) is 9.47 Å². The highest BCUT2D eigenvalue weighted by molar-refractivity contribution is 8.14. The Labute approximate surface area is 164 Å². The maximum atomic E-state index is 12.3. The molecule has 150 valence electrons. The van der Waals surface area contributed by atoms with Crippen molar-refractivity contribution < 1.29 is 24.2 Å². The Hall–Kier alpha value is -1.31. The van der Waals surface area contributed by atoms with Crippen molar-refractivity contribution in [2.75, 3.05) is 5.75 Å². The summed E-state index contributed by atoms with van der Waals surface area (Å²) in [6.45, 7) is 4.10. The van der Waals surface area contributed by atoms with Crippen molar-refractivity contribution in [3.63, 3.8) is 0 Å². The number of thioether (sulfide) groups is 1. The highest BCUT2D eigenvalue weighted by atomic mass is 32.2.